The summed E-state index contributed by atoms with van der Waals surface area (Å²) in [6, 6.07) is 4.62. The Balaban J connectivity index is 2.56. The molecule has 1 atom stereocenters. The first-order chi connectivity index (χ1) is 19.0. The Hall–Kier alpha value is -4.20. The molecule has 15 nitrogen and oxygen atoms in total. The number of carbonyl (C=O) groups excluding carboxylic acids is 3. The number of carbonyl (C=O) groups is 3. The lowest BCUT2D eigenvalue weighted by Crippen LogP contribution is -2.46. The Morgan fingerprint density at radius 3 is 1.93 bits per heavy atom. The van der Waals surface area contributed by atoms with Gasteiger partial charge in [-0.1, -0.05) is 6.07 Å². The Bertz CT molecular complexity index is 1410. The average molecular weight is 595 g/mol. The first-order valence-corrected chi connectivity index (χ1v) is 13.4. The fourth-order valence-corrected chi connectivity index (χ4v) is 5.38. The normalized spacial score (nSPS) is 12.3. The second-order valence-electron chi connectivity index (χ2n) is 9.37. The third-order valence-corrected chi connectivity index (χ3v) is 8.75. The van der Waals surface area contributed by atoms with Crippen molar-refractivity contribution < 1.29 is 47.3 Å². The second kappa shape index (κ2) is 13.0. The summed E-state index contributed by atoms with van der Waals surface area (Å²) in [7, 11) is -0.865. The maximum atomic E-state index is 13.3. The molecule has 2 rings (SSSR count). The van der Waals surface area contributed by atoms with Crippen molar-refractivity contribution in [2.24, 2.45) is 0 Å². The lowest BCUT2D eigenvalue weighted by Gasteiger charge is -2.30. The number of ketones is 1. The molecule has 0 aliphatic heterocycles. The fraction of sp³-hybridized carbons (Fsp3) is 0.400. The molecule has 2 aromatic rings. The van der Waals surface area contributed by atoms with Gasteiger partial charge in [0, 0.05) is 26.7 Å². The van der Waals surface area contributed by atoms with E-state index in [1.54, 1.807) is 26.0 Å². The van der Waals surface area contributed by atoms with Gasteiger partial charge in [-0.2, -0.15) is 0 Å². The molecular formula is C25H30N3O12P. The molecule has 0 bridgehead atoms. The molecular weight excluding hydrogens is 565 g/mol. The number of nitro benzene ring substituents is 2. The number of amides is 1. The van der Waals surface area contributed by atoms with Gasteiger partial charge in [-0.05, 0) is 51.0 Å². The van der Waals surface area contributed by atoms with Crippen molar-refractivity contribution in [3.63, 3.8) is 0 Å². The van der Waals surface area contributed by atoms with E-state index in [1.165, 1.54) is 13.8 Å². The van der Waals surface area contributed by atoms with Crippen LogP contribution in [0, 0.1) is 34.1 Å². The number of ether oxygens (including phenoxy) is 2. The highest BCUT2D eigenvalue weighted by Crippen LogP contribution is 2.59. The van der Waals surface area contributed by atoms with E-state index >= 15 is 0 Å². The standard InChI is InChI=1S/C25H30N3O12P/c1-14-8-15(2)10-16(9-14)40-21-11-17(19(27(32)33)13-20(21)28(34)35)23(30)26-18(24(31)37-5)12-22(29)25(3,4)41(36,38-6)39-7/h8-11,13,18H,12H2,1-7H3,(H,26,30)/t18-/m0/s1. The van der Waals surface area contributed by atoms with Crippen LogP contribution >= 0.6 is 7.60 Å². The molecule has 1 N–H and O–H groups in total. The highest BCUT2D eigenvalue weighted by molar-refractivity contribution is 7.56. The van der Waals surface area contributed by atoms with E-state index < -0.39 is 75.4 Å². The molecule has 0 spiro atoms. The number of rotatable bonds is 13. The lowest BCUT2D eigenvalue weighted by atomic mass is 10.00. The summed E-state index contributed by atoms with van der Waals surface area (Å²) in [6.45, 7) is 6.04. The molecule has 0 aromatic heterocycles. The van der Waals surface area contributed by atoms with Gasteiger partial charge in [0.25, 0.3) is 11.6 Å². The van der Waals surface area contributed by atoms with Crippen molar-refractivity contribution in [1.29, 1.82) is 0 Å². The van der Waals surface area contributed by atoms with Crippen molar-refractivity contribution in [2.45, 2.75) is 45.3 Å². The molecule has 0 heterocycles. The molecule has 0 unspecified atom stereocenters. The second-order valence-corrected chi connectivity index (χ2v) is 12.2. The molecule has 0 saturated carbocycles. The van der Waals surface area contributed by atoms with Crippen LogP contribution in [0.5, 0.6) is 11.5 Å². The van der Waals surface area contributed by atoms with Crippen LogP contribution in [-0.2, 0) is 27.9 Å². The number of Topliss-reactive ketones (excluding diaryl/α,β-unsaturated/α-hetero) is 1. The van der Waals surface area contributed by atoms with E-state index in [1.807, 2.05) is 6.07 Å². The van der Waals surface area contributed by atoms with Crippen molar-refractivity contribution in [3.8, 4) is 11.5 Å². The van der Waals surface area contributed by atoms with Crippen LogP contribution in [0.25, 0.3) is 0 Å². The molecule has 16 heteroatoms. The smallest absolute Gasteiger partial charge is 0.343 e. The molecule has 0 aliphatic carbocycles. The molecule has 2 aromatic carbocycles. The maximum Gasteiger partial charge on any atom is 0.343 e. The summed E-state index contributed by atoms with van der Waals surface area (Å²) in [4.78, 5) is 60.4. The Morgan fingerprint density at radius 1 is 0.927 bits per heavy atom. The topological polar surface area (TPSA) is 204 Å². The van der Waals surface area contributed by atoms with Crippen molar-refractivity contribution in [3.05, 3.63) is 67.3 Å². The molecule has 0 radical (unpaired) electrons. The van der Waals surface area contributed by atoms with E-state index in [9.17, 15) is 39.2 Å². The largest absolute Gasteiger partial charge is 0.467 e. The number of nitro groups is 2. The summed E-state index contributed by atoms with van der Waals surface area (Å²) >= 11 is 0. The van der Waals surface area contributed by atoms with Gasteiger partial charge in [0.05, 0.1) is 23.0 Å². The summed E-state index contributed by atoms with van der Waals surface area (Å²) in [5.74, 6) is -3.46. The van der Waals surface area contributed by atoms with Crippen LogP contribution in [0.2, 0.25) is 0 Å². The number of hydrogen-bond donors (Lipinski definition) is 1. The number of esters is 1. The van der Waals surface area contributed by atoms with Gasteiger partial charge >= 0.3 is 19.3 Å². The number of aryl methyl sites for hydroxylation is 2. The zero-order valence-corrected chi connectivity index (χ0v) is 24.3. The highest BCUT2D eigenvalue weighted by Gasteiger charge is 2.49. The van der Waals surface area contributed by atoms with E-state index in [2.05, 4.69) is 10.1 Å². The predicted molar refractivity (Wildman–Crippen MR) is 144 cm³/mol. The van der Waals surface area contributed by atoms with Gasteiger partial charge in [-0.15, -0.1) is 0 Å². The molecule has 41 heavy (non-hydrogen) atoms. The van der Waals surface area contributed by atoms with Gasteiger partial charge in [0.15, 0.2) is 5.78 Å². The predicted octanol–water partition coefficient (Wildman–Crippen LogP) is 4.41. The summed E-state index contributed by atoms with van der Waals surface area (Å²) < 4.78 is 33.0. The number of nitrogens with zero attached hydrogens (tertiary/aromatic N) is 2. The quantitative estimate of drug-likeness (QED) is 0.148. The maximum absolute atomic E-state index is 13.3. The monoisotopic (exact) mass is 595 g/mol. The van der Waals surface area contributed by atoms with Crippen LogP contribution in [-0.4, -0.2) is 60.0 Å². The third kappa shape index (κ3) is 7.31. The SMILES string of the molecule is COC(=O)[C@H](CC(=O)C(C)(C)P(=O)(OC)OC)NC(=O)c1cc(Oc2cc(C)cc(C)c2)c([N+](=O)[O-])cc1[N+](=O)[O-]. The highest BCUT2D eigenvalue weighted by atomic mass is 31.2. The van der Waals surface area contributed by atoms with E-state index in [4.69, 9.17) is 13.8 Å². The van der Waals surface area contributed by atoms with Gasteiger partial charge in [-0.25, -0.2) is 4.79 Å². The number of benzene rings is 2. The Kier molecular flexibility index (Phi) is 10.4. The summed E-state index contributed by atoms with van der Waals surface area (Å²) in [5, 5.41) is 23.9. The van der Waals surface area contributed by atoms with E-state index in [0.717, 1.165) is 38.5 Å². The molecule has 0 fully saturated rings. The number of methoxy groups -OCH3 is 1. The first-order valence-electron chi connectivity index (χ1n) is 11.9. The van der Waals surface area contributed by atoms with Crippen LogP contribution < -0.4 is 10.1 Å². The van der Waals surface area contributed by atoms with Crippen molar-refractivity contribution in [1.82, 2.24) is 5.32 Å². The van der Waals surface area contributed by atoms with Gasteiger partial charge in [0.2, 0.25) is 5.75 Å². The van der Waals surface area contributed by atoms with Crippen molar-refractivity contribution >= 4 is 36.6 Å². The molecule has 0 aliphatic rings. The fourth-order valence-electron chi connectivity index (χ4n) is 3.92. The summed E-state index contributed by atoms with van der Waals surface area (Å²) in [5.41, 5.74) is -0.908. The van der Waals surface area contributed by atoms with Gasteiger partial charge in [0.1, 0.15) is 22.5 Å². The molecule has 0 saturated heterocycles. The Labute approximate surface area is 234 Å². The zero-order valence-electron chi connectivity index (χ0n) is 23.4. The van der Waals surface area contributed by atoms with Gasteiger partial charge in [-0.3, -0.25) is 34.4 Å². The number of hydrogen-bond acceptors (Lipinski definition) is 12. The minimum Gasteiger partial charge on any atom is -0.467 e. The summed E-state index contributed by atoms with van der Waals surface area (Å²) in [6.07, 6.45) is -0.755. The van der Waals surface area contributed by atoms with Crippen molar-refractivity contribution in [2.75, 3.05) is 21.3 Å². The van der Waals surface area contributed by atoms with Crippen LogP contribution in [0.1, 0.15) is 41.8 Å². The van der Waals surface area contributed by atoms with Gasteiger partial charge < -0.3 is 23.8 Å². The first kappa shape index (κ1) is 33.0. The van der Waals surface area contributed by atoms with E-state index in [0.29, 0.717) is 6.07 Å². The molecule has 1 amide bonds. The van der Waals surface area contributed by atoms with E-state index in [-0.39, 0.29) is 5.75 Å². The Morgan fingerprint density at radius 2 is 1.46 bits per heavy atom. The third-order valence-electron chi connectivity index (χ3n) is 6.17. The minimum absolute atomic E-state index is 0.173. The van der Waals surface area contributed by atoms with Crippen LogP contribution in [0.3, 0.4) is 0 Å². The lowest BCUT2D eigenvalue weighted by molar-refractivity contribution is -0.394. The molecule has 222 valence electrons. The van der Waals surface area contributed by atoms with Crippen LogP contribution in [0.15, 0.2) is 30.3 Å². The number of nitrogens with one attached hydrogen (secondary N) is 1. The van der Waals surface area contributed by atoms with Crippen LogP contribution in [0.4, 0.5) is 11.4 Å². The average Bonchev–Trinajstić information content (AvgIpc) is 2.90. The zero-order chi connectivity index (χ0) is 31.3. The minimum atomic E-state index is -3.99.